The summed E-state index contributed by atoms with van der Waals surface area (Å²) in [5.74, 6) is -1.69. The van der Waals surface area contributed by atoms with Crippen molar-refractivity contribution >= 4 is 17.7 Å². The summed E-state index contributed by atoms with van der Waals surface area (Å²) in [6, 6.07) is -0.106. The number of carbonyl (C=O) groups excluding carboxylic acids is 3. The summed E-state index contributed by atoms with van der Waals surface area (Å²) in [4.78, 5) is 50.2. The standard InChI is InChI=1S/C39H68N4O8/c1-24-16-39(47-12)34(50-35-32(51-39)29(40(8)9)15-25(2)49-35)26(3)33(45)38(6,7)36(46)48-22-30(42(11)18-24)28-20-43(21-28)31(44)17-37(4,5)23-41(10)19-27-13-14-27/h24-30,32,34-35H,13-23H2,1-12H3/t24-,25-,26+,29+,30?,32-,34-,35+,39+/m1/s1. The second-order valence-electron chi connectivity index (χ2n) is 18.5. The Morgan fingerprint density at radius 2 is 1.71 bits per heavy atom. The maximum absolute atomic E-state index is 14.3. The number of ketones is 1. The van der Waals surface area contributed by atoms with Crippen LogP contribution in [0.15, 0.2) is 0 Å². The molecule has 1 aliphatic carbocycles. The van der Waals surface area contributed by atoms with Gasteiger partial charge in [-0.1, -0.05) is 27.7 Å². The van der Waals surface area contributed by atoms with Gasteiger partial charge in [0.05, 0.1) is 6.10 Å². The van der Waals surface area contributed by atoms with E-state index >= 15 is 0 Å². The Labute approximate surface area is 307 Å². The summed E-state index contributed by atoms with van der Waals surface area (Å²) in [6.07, 6.45) is 2.39. The molecule has 0 aromatic heterocycles. The van der Waals surface area contributed by atoms with E-state index in [1.54, 1.807) is 27.9 Å². The Morgan fingerprint density at radius 1 is 1.04 bits per heavy atom. The lowest BCUT2D eigenvalue weighted by Gasteiger charge is -2.55. The number of methoxy groups -OCH3 is 1. The normalized spacial score (nSPS) is 37.5. The Kier molecular flexibility index (Phi) is 12.4. The molecule has 12 nitrogen and oxygen atoms in total. The number of amides is 1. The molecule has 1 amide bonds. The number of fused-ring (bicyclic) bond motifs is 2. The number of rotatable bonds is 9. The van der Waals surface area contributed by atoms with Gasteiger partial charge in [0.1, 0.15) is 24.2 Å². The van der Waals surface area contributed by atoms with Gasteiger partial charge in [-0.15, -0.1) is 0 Å². The Hall–Kier alpha value is -1.67. The molecular formula is C39H68N4O8. The number of likely N-dealkylation sites (N-methyl/N-ethyl adjacent to an activating group) is 2. The summed E-state index contributed by atoms with van der Waals surface area (Å²) >= 11 is 0. The van der Waals surface area contributed by atoms with Gasteiger partial charge in [0.15, 0.2) is 17.9 Å². The lowest BCUT2D eigenvalue weighted by Crippen LogP contribution is -2.69. The fourth-order valence-electron chi connectivity index (χ4n) is 9.24. The zero-order chi connectivity index (χ0) is 37.6. The highest BCUT2D eigenvalue weighted by atomic mass is 16.8. The average Bonchev–Trinajstić information content (AvgIpc) is 3.82. The first-order valence-corrected chi connectivity index (χ1v) is 19.3. The van der Waals surface area contributed by atoms with Crippen molar-refractivity contribution in [1.29, 1.82) is 0 Å². The summed E-state index contributed by atoms with van der Waals surface area (Å²) in [5.41, 5.74) is -1.56. The van der Waals surface area contributed by atoms with Gasteiger partial charge in [0, 0.05) is 76.6 Å². The zero-order valence-electron chi connectivity index (χ0n) is 33.6. The SMILES string of the molecule is CO[C@]12C[C@@H](C)CN(C)C(C3CN(C(=O)CC(C)(C)CN(C)CC4CC4)C3)COC(=O)C(C)(C)C(=O)[C@H](C)[C@H]1O[C@@H]1O[C@H](C)C[C@H](N(C)C)[C@H]1O2. The minimum absolute atomic E-state index is 0.0228. The molecule has 5 rings (SSSR count). The minimum atomic E-state index is -1.44. The van der Waals surface area contributed by atoms with Crippen LogP contribution in [0.25, 0.3) is 0 Å². The zero-order valence-corrected chi connectivity index (χ0v) is 33.6. The van der Waals surface area contributed by atoms with Crippen LogP contribution in [0.3, 0.4) is 0 Å². The highest BCUT2D eigenvalue weighted by Gasteiger charge is 2.59. The van der Waals surface area contributed by atoms with E-state index in [1.165, 1.54) is 12.8 Å². The van der Waals surface area contributed by atoms with Gasteiger partial charge in [-0.25, -0.2) is 0 Å². The maximum atomic E-state index is 14.3. The third-order valence-electron chi connectivity index (χ3n) is 12.2. The number of carbonyl (C=O) groups is 3. The molecule has 1 saturated carbocycles. The first-order chi connectivity index (χ1) is 23.8. The maximum Gasteiger partial charge on any atom is 0.319 e. The number of Topliss-reactive ketones (excluding diaryl/α,β-unsaturated/α-hetero) is 1. The van der Waals surface area contributed by atoms with Crippen molar-refractivity contribution in [2.24, 2.45) is 34.5 Å². The third kappa shape index (κ3) is 9.01. The van der Waals surface area contributed by atoms with Gasteiger partial charge in [-0.05, 0) is 85.5 Å². The van der Waals surface area contributed by atoms with Crippen molar-refractivity contribution in [1.82, 2.24) is 19.6 Å². The molecule has 5 aliphatic rings. The van der Waals surface area contributed by atoms with Crippen molar-refractivity contribution in [3.8, 4) is 0 Å². The van der Waals surface area contributed by atoms with Gasteiger partial charge in [0.25, 0.3) is 0 Å². The number of cyclic esters (lactones) is 1. The topological polar surface area (TPSA) is 110 Å². The van der Waals surface area contributed by atoms with Crippen LogP contribution in [-0.4, -0.2) is 154 Å². The van der Waals surface area contributed by atoms with Crippen LogP contribution < -0.4 is 0 Å². The number of esters is 1. The predicted octanol–water partition coefficient (Wildman–Crippen LogP) is 3.51. The van der Waals surface area contributed by atoms with Gasteiger partial charge in [-0.2, -0.15) is 0 Å². The molecule has 0 spiro atoms. The molecule has 0 N–H and O–H groups in total. The van der Waals surface area contributed by atoms with E-state index in [-0.39, 0.29) is 53.7 Å². The van der Waals surface area contributed by atoms with Gasteiger partial charge >= 0.3 is 5.97 Å². The molecule has 9 atom stereocenters. The fourth-order valence-corrected chi connectivity index (χ4v) is 9.24. The summed E-state index contributed by atoms with van der Waals surface area (Å²) in [5, 5.41) is 0. The predicted molar refractivity (Wildman–Crippen MR) is 194 cm³/mol. The van der Waals surface area contributed by atoms with E-state index < -0.39 is 41.6 Å². The van der Waals surface area contributed by atoms with E-state index in [0.29, 0.717) is 32.5 Å². The molecule has 0 aromatic rings. The Balaban J connectivity index is 1.33. The monoisotopic (exact) mass is 721 g/mol. The second kappa shape index (κ2) is 15.6. The first-order valence-electron chi connectivity index (χ1n) is 19.3. The molecule has 1 unspecified atom stereocenters. The van der Waals surface area contributed by atoms with Crippen LogP contribution in [-0.2, 0) is 38.1 Å². The molecule has 0 bridgehead atoms. The van der Waals surface area contributed by atoms with E-state index in [4.69, 9.17) is 23.7 Å². The largest absolute Gasteiger partial charge is 0.463 e. The van der Waals surface area contributed by atoms with E-state index in [2.05, 4.69) is 49.6 Å². The summed E-state index contributed by atoms with van der Waals surface area (Å²) in [7, 11) is 9.89. The van der Waals surface area contributed by atoms with Crippen LogP contribution in [0.5, 0.6) is 0 Å². The fraction of sp³-hybridized carbons (Fsp3) is 0.923. The Morgan fingerprint density at radius 3 is 2.31 bits per heavy atom. The molecule has 292 valence electrons. The highest BCUT2D eigenvalue weighted by molar-refractivity contribution is 6.04. The van der Waals surface area contributed by atoms with Crippen molar-refractivity contribution in [3.63, 3.8) is 0 Å². The van der Waals surface area contributed by atoms with Crippen LogP contribution in [0.1, 0.15) is 80.6 Å². The van der Waals surface area contributed by atoms with Gasteiger partial charge in [0.2, 0.25) is 5.91 Å². The van der Waals surface area contributed by atoms with Crippen LogP contribution in [0, 0.1) is 34.5 Å². The van der Waals surface area contributed by atoms with E-state index in [1.807, 2.05) is 25.9 Å². The quantitative estimate of drug-likeness (QED) is 0.258. The van der Waals surface area contributed by atoms with Crippen molar-refractivity contribution in [3.05, 3.63) is 0 Å². The van der Waals surface area contributed by atoms with Crippen molar-refractivity contribution < 1.29 is 38.1 Å². The van der Waals surface area contributed by atoms with Crippen molar-refractivity contribution in [2.45, 2.75) is 123 Å². The molecular weight excluding hydrogens is 652 g/mol. The second-order valence-corrected chi connectivity index (χ2v) is 18.5. The first kappa shape index (κ1) is 40.5. The molecule has 12 heteroatoms. The van der Waals surface area contributed by atoms with Crippen molar-refractivity contribution in [2.75, 3.05) is 74.6 Å². The molecule has 4 saturated heterocycles. The number of ether oxygens (including phenoxy) is 5. The number of hydrogen-bond donors (Lipinski definition) is 0. The molecule has 4 aliphatic heterocycles. The molecule has 4 heterocycles. The molecule has 0 radical (unpaired) electrons. The third-order valence-corrected chi connectivity index (χ3v) is 12.2. The molecule has 51 heavy (non-hydrogen) atoms. The molecule has 0 aromatic carbocycles. The lowest BCUT2D eigenvalue weighted by atomic mass is 9.76. The summed E-state index contributed by atoms with van der Waals surface area (Å²) in [6.45, 7) is 17.6. The smallest absolute Gasteiger partial charge is 0.319 e. The number of likely N-dealkylation sites (tertiary alicyclic amines) is 1. The molecule has 5 fully saturated rings. The van der Waals surface area contributed by atoms with Gasteiger partial charge < -0.3 is 38.4 Å². The van der Waals surface area contributed by atoms with Crippen LogP contribution in [0.4, 0.5) is 0 Å². The Bertz CT molecular complexity index is 1250. The number of nitrogens with zero attached hydrogens (tertiary/aromatic N) is 4. The van der Waals surface area contributed by atoms with Crippen LogP contribution in [0.2, 0.25) is 0 Å². The van der Waals surface area contributed by atoms with Crippen LogP contribution >= 0.6 is 0 Å². The van der Waals surface area contributed by atoms with E-state index in [9.17, 15) is 14.4 Å². The number of hydrogen-bond acceptors (Lipinski definition) is 11. The minimum Gasteiger partial charge on any atom is -0.463 e. The lowest BCUT2D eigenvalue weighted by molar-refractivity contribution is -0.424. The summed E-state index contributed by atoms with van der Waals surface area (Å²) < 4.78 is 32.3. The average molecular weight is 721 g/mol. The highest BCUT2D eigenvalue weighted by Crippen LogP contribution is 2.45. The van der Waals surface area contributed by atoms with Gasteiger partial charge in [-0.3, -0.25) is 19.3 Å². The van der Waals surface area contributed by atoms with E-state index in [0.717, 1.165) is 25.4 Å².